The second kappa shape index (κ2) is 6.10. The molecule has 0 amide bonds. The minimum atomic E-state index is -1.22. The van der Waals surface area contributed by atoms with Crippen molar-refractivity contribution in [1.29, 1.82) is 0 Å². The summed E-state index contributed by atoms with van der Waals surface area (Å²) in [4.78, 5) is 24.8. The molecule has 1 unspecified atom stereocenters. The Labute approximate surface area is 141 Å². The lowest BCUT2D eigenvalue weighted by Gasteiger charge is -2.20. The van der Waals surface area contributed by atoms with Gasteiger partial charge in [0.25, 0.3) is 0 Å². The van der Waals surface area contributed by atoms with Gasteiger partial charge < -0.3 is 9.84 Å². The third-order valence-corrected chi connectivity index (χ3v) is 4.50. The molecule has 1 N–H and O–H groups in total. The van der Waals surface area contributed by atoms with E-state index in [1.807, 2.05) is 0 Å². The molecule has 0 aliphatic heterocycles. The molecular formula is C18H13BrO4. The number of allylic oxidation sites excluding steroid dienone is 1. The van der Waals surface area contributed by atoms with Crippen molar-refractivity contribution in [3.8, 4) is 5.75 Å². The van der Waals surface area contributed by atoms with Crippen LogP contribution in [0.4, 0.5) is 0 Å². The fourth-order valence-electron chi connectivity index (χ4n) is 2.57. The molecule has 0 aromatic heterocycles. The smallest absolute Gasteiger partial charge is 0.192 e. The topological polar surface area (TPSA) is 63.6 Å². The lowest BCUT2D eigenvalue weighted by atomic mass is 9.85. The van der Waals surface area contributed by atoms with Crippen molar-refractivity contribution < 1.29 is 19.4 Å². The molecule has 4 nitrogen and oxygen atoms in total. The molecule has 0 bridgehead atoms. The number of carbonyl (C=O) groups excluding carboxylic acids is 2. The highest BCUT2D eigenvalue weighted by Crippen LogP contribution is 2.35. The van der Waals surface area contributed by atoms with Crippen LogP contribution in [0.5, 0.6) is 5.75 Å². The van der Waals surface area contributed by atoms with Crippen LogP contribution in [-0.2, 0) is 0 Å². The van der Waals surface area contributed by atoms with Gasteiger partial charge >= 0.3 is 0 Å². The number of aliphatic hydroxyl groups excluding tert-OH is 1. The maximum Gasteiger partial charge on any atom is 0.192 e. The Kier molecular flexibility index (Phi) is 4.15. The predicted molar refractivity (Wildman–Crippen MR) is 88.8 cm³/mol. The first-order chi connectivity index (χ1) is 11.0. The van der Waals surface area contributed by atoms with Crippen molar-refractivity contribution in [3.05, 3.63) is 75.3 Å². The van der Waals surface area contributed by atoms with Gasteiger partial charge in [-0.05, 0) is 24.3 Å². The minimum absolute atomic E-state index is 0.0580. The Morgan fingerprint density at radius 1 is 1.09 bits per heavy atom. The van der Waals surface area contributed by atoms with Crippen molar-refractivity contribution in [2.45, 2.75) is 6.10 Å². The highest BCUT2D eigenvalue weighted by atomic mass is 79.9. The Hall–Kier alpha value is -2.24. The van der Waals surface area contributed by atoms with Gasteiger partial charge in [0.15, 0.2) is 11.6 Å². The zero-order valence-corrected chi connectivity index (χ0v) is 13.8. The molecule has 0 saturated carbocycles. The van der Waals surface area contributed by atoms with E-state index in [0.717, 1.165) is 0 Å². The molecule has 1 aliphatic rings. The fourth-order valence-corrected chi connectivity index (χ4v) is 3.03. The lowest BCUT2D eigenvalue weighted by molar-refractivity contribution is 0.0946. The number of ketones is 2. The van der Waals surface area contributed by atoms with Gasteiger partial charge in [-0.3, -0.25) is 9.59 Å². The molecule has 0 radical (unpaired) electrons. The van der Waals surface area contributed by atoms with Gasteiger partial charge in [-0.15, -0.1) is 0 Å². The summed E-state index contributed by atoms with van der Waals surface area (Å²) in [5.41, 5.74) is 1.20. The molecule has 2 aromatic carbocycles. The normalized spacial score (nSPS) is 15.0. The van der Waals surface area contributed by atoms with E-state index in [-0.39, 0.29) is 17.1 Å². The number of hydrogen-bond donors (Lipinski definition) is 1. The largest absolute Gasteiger partial charge is 0.497 e. The lowest BCUT2D eigenvalue weighted by Crippen LogP contribution is -2.21. The van der Waals surface area contributed by atoms with Gasteiger partial charge in [0.2, 0.25) is 0 Å². The van der Waals surface area contributed by atoms with Crippen LogP contribution in [0.1, 0.15) is 32.4 Å². The second-order valence-electron chi connectivity index (χ2n) is 5.13. The monoisotopic (exact) mass is 372 g/mol. The Morgan fingerprint density at radius 2 is 1.78 bits per heavy atom. The number of methoxy groups -OCH3 is 1. The zero-order chi connectivity index (χ0) is 16.6. The van der Waals surface area contributed by atoms with Gasteiger partial charge in [-0.25, -0.2) is 0 Å². The molecule has 3 rings (SSSR count). The van der Waals surface area contributed by atoms with Gasteiger partial charge in [0.1, 0.15) is 11.9 Å². The number of fused-ring (bicyclic) bond motifs is 1. The van der Waals surface area contributed by atoms with E-state index >= 15 is 0 Å². The first kappa shape index (κ1) is 15.6. The molecule has 5 heteroatoms. The number of rotatable bonds is 3. The average molecular weight is 373 g/mol. The van der Waals surface area contributed by atoms with Crippen molar-refractivity contribution in [2.24, 2.45) is 0 Å². The summed E-state index contributed by atoms with van der Waals surface area (Å²) in [5.74, 6) is -0.0754. The van der Waals surface area contributed by atoms with E-state index in [2.05, 4.69) is 15.9 Å². The molecule has 23 heavy (non-hydrogen) atoms. The maximum atomic E-state index is 12.6. The second-order valence-corrected chi connectivity index (χ2v) is 5.98. The van der Waals surface area contributed by atoms with E-state index in [4.69, 9.17) is 4.74 Å². The third-order valence-electron chi connectivity index (χ3n) is 3.78. The average Bonchev–Trinajstić information content (AvgIpc) is 2.58. The quantitative estimate of drug-likeness (QED) is 0.895. The van der Waals surface area contributed by atoms with E-state index in [0.29, 0.717) is 26.9 Å². The van der Waals surface area contributed by atoms with E-state index < -0.39 is 6.10 Å². The molecule has 0 fully saturated rings. The van der Waals surface area contributed by atoms with Crippen molar-refractivity contribution >= 4 is 27.5 Å². The molecule has 2 aromatic rings. The van der Waals surface area contributed by atoms with Gasteiger partial charge in [0, 0.05) is 26.7 Å². The summed E-state index contributed by atoms with van der Waals surface area (Å²) in [5, 5.41) is 10.6. The molecule has 0 heterocycles. The number of carbonyl (C=O) groups is 2. The maximum absolute atomic E-state index is 12.6. The summed E-state index contributed by atoms with van der Waals surface area (Å²) in [6.07, 6.45) is -0.00869. The standard InChI is InChI=1S/C18H13BrO4/c1-23-10-6-7-15(19)13(8-10)18(22)14-9-16(20)11-4-2-3-5-12(11)17(14)21/h2-9,18,22H,1H3. The predicted octanol–water partition coefficient (Wildman–Crippen LogP) is 3.50. The van der Waals surface area contributed by atoms with Crippen LogP contribution in [-0.4, -0.2) is 23.8 Å². The number of ether oxygens (including phenoxy) is 1. The Balaban J connectivity index is 2.06. The summed E-state index contributed by atoms with van der Waals surface area (Å²) in [6, 6.07) is 11.7. The number of Topliss-reactive ketones (excluding diaryl/α,β-unsaturated/α-hetero) is 1. The Bertz CT molecular complexity index is 839. The van der Waals surface area contributed by atoms with Crippen molar-refractivity contribution in [3.63, 3.8) is 0 Å². The summed E-state index contributed by atoms with van der Waals surface area (Å²) in [6.45, 7) is 0. The highest BCUT2D eigenvalue weighted by Gasteiger charge is 2.30. The van der Waals surface area contributed by atoms with Crippen LogP contribution in [0.25, 0.3) is 0 Å². The summed E-state index contributed by atoms with van der Waals surface area (Å²) in [7, 11) is 1.52. The SMILES string of the molecule is COc1ccc(Br)c(C(O)C2=CC(=O)c3ccccc3C2=O)c1. The first-order valence-electron chi connectivity index (χ1n) is 6.94. The molecular weight excluding hydrogens is 360 g/mol. The number of hydrogen-bond acceptors (Lipinski definition) is 4. The number of benzene rings is 2. The summed E-state index contributed by atoms with van der Waals surface area (Å²) >= 11 is 3.35. The molecule has 1 atom stereocenters. The van der Waals surface area contributed by atoms with Crippen LogP contribution in [0.3, 0.4) is 0 Å². The van der Waals surface area contributed by atoms with Crippen molar-refractivity contribution in [2.75, 3.05) is 7.11 Å². The molecule has 1 aliphatic carbocycles. The first-order valence-corrected chi connectivity index (χ1v) is 7.73. The zero-order valence-electron chi connectivity index (χ0n) is 12.2. The van der Waals surface area contributed by atoms with Gasteiger partial charge in [-0.2, -0.15) is 0 Å². The van der Waals surface area contributed by atoms with Crippen LogP contribution in [0.2, 0.25) is 0 Å². The molecule has 116 valence electrons. The third kappa shape index (κ3) is 2.73. The molecule has 0 spiro atoms. The van der Waals surface area contributed by atoms with E-state index in [9.17, 15) is 14.7 Å². The van der Waals surface area contributed by atoms with Gasteiger partial charge in [0.05, 0.1) is 7.11 Å². The minimum Gasteiger partial charge on any atom is -0.497 e. The van der Waals surface area contributed by atoms with Crippen LogP contribution in [0, 0.1) is 0 Å². The molecule has 0 saturated heterocycles. The Morgan fingerprint density at radius 3 is 2.48 bits per heavy atom. The van der Waals surface area contributed by atoms with Crippen LogP contribution in [0.15, 0.2) is 58.6 Å². The highest BCUT2D eigenvalue weighted by molar-refractivity contribution is 9.10. The van der Waals surface area contributed by atoms with Crippen molar-refractivity contribution in [1.82, 2.24) is 0 Å². The number of halogens is 1. The number of aliphatic hydroxyl groups is 1. The van der Waals surface area contributed by atoms with Crippen LogP contribution < -0.4 is 4.74 Å². The van der Waals surface area contributed by atoms with Crippen LogP contribution >= 0.6 is 15.9 Å². The van der Waals surface area contributed by atoms with E-state index in [1.165, 1.54) is 13.2 Å². The van der Waals surface area contributed by atoms with Gasteiger partial charge in [-0.1, -0.05) is 40.2 Å². The van der Waals surface area contributed by atoms with E-state index in [1.54, 1.807) is 42.5 Å². The fraction of sp³-hybridized carbons (Fsp3) is 0.111. The summed E-state index contributed by atoms with van der Waals surface area (Å²) < 4.78 is 5.78.